The molecule has 2 atom stereocenters. The van der Waals surface area contributed by atoms with Gasteiger partial charge in [-0.05, 0) is 73.8 Å². The molecule has 2 unspecified atom stereocenters. The summed E-state index contributed by atoms with van der Waals surface area (Å²) in [5.41, 5.74) is 3.47. The number of benzene rings is 1. The zero-order valence-corrected chi connectivity index (χ0v) is 20.6. The highest BCUT2D eigenvalue weighted by Crippen LogP contribution is 2.37. The summed E-state index contributed by atoms with van der Waals surface area (Å²) in [6, 6.07) is 10.5. The maximum atomic E-state index is 14.0. The van der Waals surface area contributed by atoms with E-state index in [4.69, 9.17) is 4.74 Å². The lowest BCUT2D eigenvalue weighted by atomic mass is 9.79. The molecule has 3 aromatic rings. The summed E-state index contributed by atoms with van der Waals surface area (Å²) in [6.07, 6.45) is 11.7. The largest absolute Gasteiger partial charge is 0.496 e. The van der Waals surface area contributed by atoms with Crippen molar-refractivity contribution in [3.05, 3.63) is 54.0 Å². The van der Waals surface area contributed by atoms with Gasteiger partial charge < -0.3 is 14.2 Å². The van der Waals surface area contributed by atoms with Crippen LogP contribution in [0.1, 0.15) is 74.7 Å². The van der Waals surface area contributed by atoms with E-state index < -0.39 is 0 Å². The zero-order valence-electron chi connectivity index (χ0n) is 20.6. The number of nitrogens with zero attached hydrogens (tertiary/aromatic N) is 4. The maximum absolute atomic E-state index is 14.0. The summed E-state index contributed by atoms with van der Waals surface area (Å²) in [6.45, 7) is 5.30. The van der Waals surface area contributed by atoms with Gasteiger partial charge in [-0.2, -0.15) is 0 Å². The normalized spacial score (nSPS) is 23.3. The topological polar surface area (TPSA) is 60.2 Å². The lowest BCUT2D eigenvalue weighted by molar-refractivity contribution is 0.0426. The number of rotatable bonds is 6. The molecule has 0 radical (unpaired) electrons. The molecule has 5 rings (SSSR count). The molecule has 1 amide bonds. The molecule has 0 spiro atoms. The molecule has 2 aliphatic rings. The second-order valence-electron chi connectivity index (χ2n) is 10.5. The Morgan fingerprint density at radius 3 is 2.56 bits per heavy atom. The predicted molar refractivity (Wildman–Crippen MR) is 134 cm³/mol. The van der Waals surface area contributed by atoms with Crippen LogP contribution in [0, 0.1) is 11.8 Å². The fraction of sp³-hybridized carbons (Fsp3) is 0.536. The number of methoxy groups -OCH3 is 1. The summed E-state index contributed by atoms with van der Waals surface area (Å²) in [5.74, 6) is 2.11. The Morgan fingerprint density at radius 1 is 1.06 bits per heavy atom. The molecule has 6 nitrogen and oxygen atoms in total. The highest BCUT2D eigenvalue weighted by molar-refractivity contribution is 5.97. The second kappa shape index (κ2) is 9.77. The molecule has 0 N–H and O–H groups in total. The SMILES string of the molecule is COc1cc(Cn2cnc3cccnc32)ccc1C(=O)N(C1CCCC1)C1CC(C)CC(C)C1. The van der Waals surface area contributed by atoms with Gasteiger partial charge >= 0.3 is 0 Å². The fourth-order valence-electron chi connectivity index (χ4n) is 6.30. The molecular weight excluding hydrogens is 424 g/mol. The van der Waals surface area contributed by atoms with Gasteiger partial charge in [0.25, 0.3) is 5.91 Å². The number of fused-ring (bicyclic) bond motifs is 1. The molecule has 2 fully saturated rings. The number of carbonyl (C=O) groups is 1. The van der Waals surface area contributed by atoms with E-state index in [9.17, 15) is 4.79 Å². The third kappa shape index (κ3) is 4.55. The second-order valence-corrected chi connectivity index (χ2v) is 10.5. The van der Waals surface area contributed by atoms with Gasteiger partial charge in [-0.15, -0.1) is 0 Å². The van der Waals surface area contributed by atoms with E-state index in [0.717, 1.165) is 42.4 Å². The molecule has 1 aromatic carbocycles. The van der Waals surface area contributed by atoms with Crippen LogP contribution in [-0.4, -0.2) is 44.5 Å². The zero-order chi connectivity index (χ0) is 23.7. The van der Waals surface area contributed by atoms with Gasteiger partial charge in [-0.3, -0.25) is 4.79 Å². The molecule has 2 aromatic heterocycles. The van der Waals surface area contributed by atoms with E-state index >= 15 is 0 Å². The van der Waals surface area contributed by atoms with Gasteiger partial charge in [-0.1, -0.05) is 32.8 Å². The lowest BCUT2D eigenvalue weighted by Gasteiger charge is -2.42. The van der Waals surface area contributed by atoms with Crippen LogP contribution in [0.2, 0.25) is 0 Å². The lowest BCUT2D eigenvalue weighted by Crippen LogP contribution is -2.49. The van der Waals surface area contributed by atoms with Gasteiger partial charge in [0.15, 0.2) is 5.65 Å². The molecule has 2 heterocycles. The molecule has 0 saturated heterocycles. The van der Waals surface area contributed by atoms with Crippen molar-refractivity contribution in [3.8, 4) is 5.75 Å². The molecular formula is C28H36N4O2. The Bertz CT molecular complexity index is 1140. The minimum absolute atomic E-state index is 0.136. The number of pyridine rings is 1. The van der Waals surface area contributed by atoms with Crippen LogP contribution < -0.4 is 4.74 Å². The Kier molecular flexibility index (Phi) is 6.57. The number of aromatic nitrogens is 3. The van der Waals surface area contributed by atoms with Crippen LogP contribution >= 0.6 is 0 Å². The van der Waals surface area contributed by atoms with E-state index in [1.54, 1.807) is 13.3 Å². The summed E-state index contributed by atoms with van der Waals surface area (Å²) in [5, 5.41) is 0. The third-order valence-corrected chi connectivity index (χ3v) is 7.72. The quantitative estimate of drug-likeness (QED) is 0.474. The molecule has 0 aliphatic heterocycles. The van der Waals surface area contributed by atoms with Crippen molar-refractivity contribution in [2.75, 3.05) is 7.11 Å². The fourth-order valence-corrected chi connectivity index (χ4v) is 6.30. The van der Waals surface area contributed by atoms with E-state index in [0.29, 0.717) is 41.8 Å². The van der Waals surface area contributed by atoms with E-state index in [2.05, 4.69) is 28.7 Å². The van der Waals surface area contributed by atoms with Crippen LogP contribution in [0.4, 0.5) is 0 Å². The van der Waals surface area contributed by atoms with Crippen molar-refractivity contribution < 1.29 is 9.53 Å². The smallest absolute Gasteiger partial charge is 0.258 e. The van der Waals surface area contributed by atoms with E-state index in [1.165, 1.54) is 19.3 Å². The van der Waals surface area contributed by atoms with Gasteiger partial charge in [0.05, 0.1) is 25.5 Å². The van der Waals surface area contributed by atoms with Crippen LogP contribution in [0.25, 0.3) is 11.2 Å². The Hall–Kier alpha value is -2.89. The molecule has 34 heavy (non-hydrogen) atoms. The van der Waals surface area contributed by atoms with Crippen LogP contribution in [0.15, 0.2) is 42.9 Å². The molecule has 2 saturated carbocycles. The van der Waals surface area contributed by atoms with Crippen molar-refractivity contribution >= 4 is 17.1 Å². The van der Waals surface area contributed by atoms with Crippen molar-refractivity contribution in [1.82, 2.24) is 19.4 Å². The maximum Gasteiger partial charge on any atom is 0.258 e. The molecule has 180 valence electrons. The predicted octanol–water partition coefficient (Wildman–Crippen LogP) is 5.70. The van der Waals surface area contributed by atoms with Crippen LogP contribution in [-0.2, 0) is 6.54 Å². The highest BCUT2D eigenvalue weighted by atomic mass is 16.5. The first-order chi connectivity index (χ1) is 16.5. The van der Waals surface area contributed by atoms with Gasteiger partial charge in [0.1, 0.15) is 11.3 Å². The number of amides is 1. The Labute approximate surface area is 202 Å². The molecule has 0 bridgehead atoms. The third-order valence-electron chi connectivity index (χ3n) is 7.72. The number of hydrogen-bond acceptors (Lipinski definition) is 4. The minimum Gasteiger partial charge on any atom is -0.496 e. The van der Waals surface area contributed by atoms with Crippen LogP contribution in [0.5, 0.6) is 5.75 Å². The Morgan fingerprint density at radius 2 is 1.82 bits per heavy atom. The van der Waals surface area contributed by atoms with Gasteiger partial charge in [0.2, 0.25) is 0 Å². The molecule has 6 heteroatoms. The number of imidazole rings is 1. The molecule has 2 aliphatic carbocycles. The number of carbonyl (C=O) groups excluding carboxylic acids is 1. The summed E-state index contributed by atoms with van der Waals surface area (Å²) < 4.78 is 7.80. The summed E-state index contributed by atoms with van der Waals surface area (Å²) in [7, 11) is 1.66. The minimum atomic E-state index is 0.136. The highest BCUT2D eigenvalue weighted by Gasteiger charge is 2.37. The monoisotopic (exact) mass is 460 g/mol. The average molecular weight is 461 g/mol. The van der Waals surface area contributed by atoms with Crippen LogP contribution in [0.3, 0.4) is 0 Å². The summed E-state index contributed by atoms with van der Waals surface area (Å²) in [4.78, 5) is 25.2. The first kappa shape index (κ1) is 22.9. The van der Waals surface area contributed by atoms with E-state index in [-0.39, 0.29) is 5.91 Å². The summed E-state index contributed by atoms with van der Waals surface area (Å²) >= 11 is 0. The average Bonchev–Trinajstić information content (AvgIpc) is 3.49. The van der Waals surface area contributed by atoms with Gasteiger partial charge in [-0.25, -0.2) is 9.97 Å². The van der Waals surface area contributed by atoms with Crippen molar-refractivity contribution in [1.29, 1.82) is 0 Å². The van der Waals surface area contributed by atoms with Crippen molar-refractivity contribution in [3.63, 3.8) is 0 Å². The Balaban J connectivity index is 1.43. The number of hydrogen-bond donors (Lipinski definition) is 0. The van der Waals surface area contributed by atoms with E-state index in [1.807, 2.05) is 41.2 Å². The standard InChI is InChI=1S/C28H36N4O2/c1-19-13-20(2)15-23(14-19)32(22-7-4-5-8-22)28(33)24-11-10-21(16-26(24)34-3)17-31-18-30-25-9-6-12-29-27(25)31/h6,9-12,16,18-20,22-23H,4-5,7-8,13-15,17H2,1-3H3. The first-order valence-corrected chi connectivity index (χ1v) is 12.8. The first-order valence-electron chi connectivity index (χ1n) is 12.8. The van der Waals surface area contributed by atoms with Crippen molar-refractivity contribution in [2.24, 2.45) is 11.8 Å². The number of ether oxygens (including phenoxy) is 1. The van der Waals surface area contributed by atoms with Crippen molar-refractivity contribution in [2.45, 2.75) is 77.4 Å². The van der Waals surface area contributed by atoms with Gasteiger partial charge in [0, 0.05) is 18.3 Å².